The highest BCUT2D eigenvalue weighted by Crippen LogP contribution is 2.27. The summed E-state index contributed by atoms with van der Waals surface area (Å²) in [5.74, 6) is -0.250. The topological polar surface area (TPSA) is 48.5 Å². The number of halogens is 2. The molecule has 0 fully saturated rings. The first-order chi connectivity index (χ1) is 17.4. The Labute approximate surface area is 207 Å². The van der Waals surface area contributed by atoms with Crippen LogP contribution in [0.1, 0.15) is 28.1 Å². The molecule has 0 aliphatic rings. The van der Waals surface area contributed by atoms with Gasteiger partial charge in [-0.05, 0) is 55.8 Å². The van der Waals surface area contributed by atoms with E-state index in [1.54, 1.807) is 23.0 Å². The predicted molar refractivity (Wildman–Crippen MR) is 136 cm³/mol. The monoisotopic (exact) mass is 485 g/mol. The van der Waals surface area contributed by atoms with Crippen LogP contribution in [0.4, 0.5) is 8.78 Å². The Morgan fingerprint density at radius 3 is 2.14 bits per heavy atom. The molecule has 0 bridgehead atoms. The average molecular weight is 486 g/mol. The molecule has 0 amide bonds. The van der Waals surface area contributed by atoms with E-state index in [-0.39, 0.29) is 17.7 Å². The SMILES string of the molecule is COc1ccc(-c2nc3n(Cc4c(F)cccc4F)c(C)c(Cc4ccccc4)c(=O)n3c2C)cc1. The Hall–Kier alpha value is -4.26. The van der Waals surface area contributed by atoms with Crippen LogP contribution in [-0.2, 0) is 13.0 Å². The van der Waals surface area contributed by atoms with Gasteiger partial charge in [-0.25, -0.2) is 18.2 Å². The smallest absolute Gasteiger partial charge is 0.263 e. The van der Waals surface area contributed by atoms with Gasteiger partial charge in [0.25, 0.3) is 5.56 Å². The molecule has 2 heterocycles. The highest BCUT2D eigenvalue weighted by atomic mass is 19.1. The number of ether oxygens (including phenoxy) is 1. The summed E-state index contributed by atoms with van der Waals surface area (Å²) in [7, 11) is 1.59. The van der Waals surface area contributed by atoms with E-state index in [4.69, 9.17) is 9.72 Å². The minimum Gasteiger partial charge on any atom is -0.497 e. The average Bonchev–Trinajstić information content (AvgIpc) is 3.23. The van der Waals surface area contributed by atoms with Crippen molar-refractivity contribution in [2.75, 3.05) is 7.11 Å². The molecular formula is C29H25F2N3O2. The summed E-state index contributed by atoms with van der Waals surface area (Å²) in [6.45, 7) is 3.53. The summed E-state index contributed by atoms with van der Waals surface area (Å²) in [6, 6.07) is 20.9. The van der Waals surface area contributed by atoms with Crippen molar-refractivity contribution in [2.45, 2.75) is 26.8 Å². The lowest BCUT2D eigenvalue weighted by molar-refractivity contribution is 0.415. The predicted octanol–water partition coefficient (Wildman–Crippen LogP) is 5.71. The molecule has 0 aliphatic heterocycles. The molecule has 0 saturated carbocycles. The maximum atomic E-state index is 14.7. The number of fused-ring (bicyclic) bond motifs is 1. The number of imidazole rings is 1. The van der Waals surface area contributed by atoms with Gasteiger partial charge in [0.15, 0.2) is 0 Å². The Kier molecular flexibility index (Phi) is 6.14. The van der Waals surface area contributed by atoms with Crippen LogP contribution < -0.4 is 10.3 Å². The van der Waals surface area contributed by atoms with Gasteiger partial charge in [-0.2, -0.15) is 0 Å². The quantitative estimate of drug-likeness (QED) is 0.310. The van der Waals surface area contributed by atoms with Crippen LogP contribution in [0.15, 0.2) is 77.6 Å². The van der Waals surface area contributed by atoms with Crippen molar-refractivity contribution in [1.29, 1.82) is 0 Å². The van der Waals surface area contributed by atoms with Gasteiger partial charge in [0.05, 0.1) is 25.0 Å². The molecule has 0 unspecified atom stereocenters. The number of hydrogen-bond acceptors (Lipinski definition) is 3. The number of benzene rings is 3. The van der Waals surface area contributed by atoms with Crippen LogP contribution in [0.25, 0.3) is 17.0 Å². The number of nitrogens with zero attached hydrogens (tertiary/aromatic N) is 3. The van der Waals surface area contributed by atoms with Crippen LogP contribution in [-0.4, -0.2) is 21.1 Å². The molecule has 5 rings (SSSR count). The van der Waals surface area contributed by atoms with Crippen LogP contribution >= 0.6 is 0 Å². The van der Waals surface area contributed by atoms with E-state index in [9.17, 15) is 13.6 Å². The third-order valence-corrected chi connectivity index (χ3v) is 6.60. The van der Waals surface area contributed by atoms with E-state index in [0.717, 1.165) is 11.1 Å². The fraction of sp³-hybridized carbons (Fsp3) is 0.172. The normalized spacial score (nSPS) is 11.2. The Bertz CT molecular complexity index is 1600. The Balaban J connectivity index is 1.77. The van der Waals surface area contributed by atoms with E-state index < -0.39 is 11.6 Å². The van der Waals surface area contributed by atoms with Crippen molar-refractivity contribution in [2.24, 2.45) is 0 Å². The molecule has 7 heteroatoms. The van der Waals surface area contributed by atoms with Crippen molar-refractivity contribution in [3.05, 3.63) is 123 Å². The molecule has 0 atom stereocenters. The van der Waals surface area contributed by atoms with E-state index in [1.807, 2.05) is 61.5 Å². The second-order valence-corrected chi connectivity index (χ2v) is 8.73. The Morgan fingerprint density at radius 2 is 1.50 bits per heavy atom. The van der Waals surface area contributed by atoms with Gasteiger partial charge in [0, 0.05) is 28.8 Å². The maximum Gasteiger partial charge on any atom is 0.263 e. The van der Waals surface area contributed by atoms with Crippen molar-refractivity contribution in [1.82, 2.24) is 14.0 Å². The van der Waals surface area contributed by atoms with Gasteiger partial charge < -0.3 is 9.30 Å². The summed E-state index contributed by atoms with van der Waals surface area (Å²) in [6.07, 6.45) is 0.386. The molecule has 0 spiro atoms. The number of rotatable bonds is 6. The van der Waals surface area contributed by atoms with E-state index >= 15 is 0 Å². The first-order valence-electron chi connectivity index (χ1n) is 11.6. The fourth-order valence-electron chi connectivity index (χ4n) is 4.57. The third-order valence-electron chi connectivity index (χ3n) is 6.60. The van der Waals surface area contributed by atoms with Crippen LogP contribution in [0.5, 0.6) is 5.75 Å². The molecule has 0 saturated heterocycles. The summed E-state index contributed by atoms with van der Waals surface area (Å²) in [5.41, 5.74) is 3.93. The molecule has 0 aliphatic carbocycles. The van der Waals surface area contributed by atoms with E-state index in [2.05, 4.69) is 0 Å². The number of methoxy groups -OCH3 is 1. The minimum atomic E-state index is -0.644. The van der Waals surface area contributed by atoms with E-state index in [0.29, 0.717) is 40.6 Å². The lowest BCUT2D eigenvalue weighted by Crippen LogP contribution is -2.27. The number of hydrogen-bond donors (Lipinski definition) is 0. The van der Waals surface area contributed by atoms with Crippen molar-refractivity contribution >= 4 is 5.78 Å². The van der Waals surface area contributed by atoms with Crippen LogP contribution in [0, 0.1) is 25.5 Å². The molecule has 5 aromatic rings. The van der Waals surface area contributed by atoms with Gasteiger partial charge >= 0.3 is 0 Å². The first-order valence-corrected chi connectivity index (χ1v) is 11.6. The zero-order valence-electron chi connectivity index (χ0n) is 20.3. The third kappa shape index (κ3) is 4.06. The maximum absolute atomic E-state index is 14.7. The second kappa shape index (κ2) is 9.41. The lowest BCUT2D eigenvalue weighted by Gasteiger charge is -2.17. The minimum absolute atomic E-state index is 0.0801. The summed E-state index contributed by atoms with van der Waals surface area (Å²) in [4.78, 5) is 18.6. The van der Waals surface area contributed by atoms with Crippen LogP contribution in [0.2, 0.25) is 0 Å². The lowest BCUT2D eigenvalue weighted by atomic mass is 10.0. The highest BCUT2D eigenvalue weighted by molar-refractivity contribution is 5.66. The molecular weight excluding hydrogens is 460 g/mol. The van der Waals surface area contributed by atoms with Gasteiger partial charge in [0.2, 0.25) is 5.78 Å². The summed E-state index contributed by atoms with van der Waals surface area (Å²) >= 11 is 0. The van der Waals surface area contributed by atoms with Crippen LogP contribution in [0.3, 0.4) is 0 Å². The van der Waals surface area contributed by atoms with Gasteiger partial charge in [-0.15, -0.1) is 0 Å². The number of aryl methyl sites for hydroxylation is 1. The number of aromatic nitrogens is 3. The zero-order valence-corrected chi connectivity index (χ0v) is 20.3. The zero-order chi connectivity index (χ0) is 25.4. The fourth-order valence-corrected chi connectivity index (χ4v) is 4.57. The molecule has 0 radical (unpaired) electrons. The molecule has 182 valence electrons. The summed E-state index contributed by atoms with van der Waals surface area (Å²) in [5, 5.41) is 0. The van der Waals surface area contributed by atoms with Gasteiger partial charge in [0.1, 0.15) is 17.4 Å². The molecule has 36 heavy (non-hydrogen) atoms. The molecule has 0 N–H and O–H groups in total. The van der Waals surface area contributed by atoms with Crippen molar-refractivity contribution in [3.8, 4) is 17.0 Å². The van der Waals surface area contributed by atoms with E-state index in [1.165, 1.54) is 18.2 Å². The largest absolute Gasteiger partial charge is 0.497 e. The second-order valence-electron chi connectivity index (χ2n) is 8.73. The molecule has 5 nitrogen and oxygen atoms in total. The van der Waals surface area contributed by atoms with Gasteiger partial charge in [-0.1, -0.05) is 36.4 Å². The Morgan fingerprint density at radius 1 is 0.833 bits per heavy atom. The molecule has 3 aromatic carbocycles. The van der Waals surface area contributed by atoms with Gasteiger partial charge in [-0.3, -0.25) is 4.79 Å². The molecule has 2 aromatic heterocycles. The standard InChI is InChI=1S/C29H25F2N3O2/c1-18-23(16-20-8-5-4-6-9-20)28(35)34-19(2)27(21-12-14-22(36-3)15-13-21)32-29(34)33(18)17-24-25(30)10-7-11-26(24)31/h4-15H,16-17H2,1-3H3. The first kappa shape index (κ1) is 23.5. The highest BCUT2D eigenvalue weighted by Gasteiger charge is 2.22. The summed E-state index contributed by atoms with van der Waals surface area (Å²) < 4.78 is 37.8. The van der Waals surface area contributed by atoms with Crippen molar-refractivity contribution < 1.29 is 13.5 Å². The van der Waals surface area contributed by atoms with Crippen molar-refractivity contribution in [3.63, 3.8) is 0 Å².